The smallest absolute Gasteiger partial charge is 0.142 e. The van der Waals surface area contributed by atoms with Gasteiger partial charge in [-0.1, -0.05) is 23.2 Å². The molecule has 1 N–H and O–H groups in total. The summed E-state index contributed by atoms with van der Waals surface area (Å²) < 4.78 is 11.4. The first-order valence-corrected chi connectivity index (χ1v) is 7.90. The van der Waals surface area contributed by atoms with Crippen LogP contribution in [-0.2, 0) is 4.74 Å². The maximum absolute atomic E-state index is 6.21. The Kier molecular flexibility index (Phi) is 4.41. The van der Waals surface area contributed by atoms with Crippen LogP contribution in [0.1, 0.15) is 37.8 Å². The summed E-state index contributed by atoms with van der Waals surface area (Å²) in [4.78, 5) is 0. The molecule has 0 aliphatic carbocycles. The Bertz CT molecular complexity index is 489. The molecule has 2 aliphatic heterocycles. The number of hydrogen-bond acceptors (Lipinski definition) is 3. The third-order valence-corrected chi connectivity index (χ3v) is 4.55. The maximum Gasteiger partial charge on any atom is 0.142 e. The van der Waals surface area contributed by atoms with E-state index in [9.17, 15) is 0 Å². The number of hydrogen-bond donors (Lipinski definition) is 1. The van der Waals surface area contributed by atoms with Gasteiger partial charge in [0.25, 0.3) is 0 Å². The molecule has 3 unspecified atom stereocenters. The Morgan fingerprint density at radius 3 is 2.85 bits per heavy atom. The Hall–Kier alpha value is -0.480. The SMILES string of the molecule is CC(NC1CCOc2c(Cl)cc(Cl)cc21)C1CCCO1. The average Bonchev–Trinajstić information content (AvgIpc) is 2.93. The highest BCUT2D eigenvalue weighted by atomic mass is 35.5. The molecule has 0 amide bonds. The summed E-state index contributed by atoms with van der Waals surface area (Å²) in [6.45, 7) is 3.72. The van der Waals surface area contributed by atoms with Crippen LogP contribution >= 0.6 is 23.2 Å². The van der Waals surface area contributed by atoms with E-state index in [-0.39, 0.29) is 6.04 Å². The normalized spacial score (nSPS) is 26.9. The first kappa shape index (κ1) is 14.5. The van der Waals surface area contributed by atoms with Crippen molar-refractivity contribution in [2.45, 2.75) is 44.4 Å². The summed E-state index contributed by atoms with van der Waals surface area (Å²) in [6.07, 6.45) is 3.50. The van der Waals surface area contributed by atoms with E-state index in [0.717, 1.165) is 37.2 Å². The Balaban J connectivity index is 1.79. The molecular formula is C15H19Cl2NO2. The average molecular weight is 316 g/mol. The van der Waals surface area contributed by atoms with Crippen molar-refractivity contribution in [1.82, 2.24) is 5.32 Å². The van der Waals surface area contributed by atoms with E-state index in [1.165, 1.54) is 0 Å². The van der Waals surface area contributed by atoms with Crippen molar-refractivity contribution in [2.75, 3.05) is 13.2 Å². The molecule has 3 nitrogen and oxygen atoms in total. The molecule has 3 rings (SSSR count). The minimum atomic E-state index is 0.217. The largest absolute Gasteiger partial charge is 0.492 e. The Morgan fingerprint density at radius 2 is 2.10 bits per heavy atom. The second kappa shape index (κ2) is 6.10. The van der Waals surface area contributed by atoms with Gasteiger partial charge in [-0.15, -0.1) is 0 Å². The van der Waals surface area contributed by atoms with Crippen LogP contribution in [0.25, 0.3) is 0 Å². The fourth-order valence-electron chi connectivity index (χ4n) is 3.02. The van der Waals surface area contributed by atoms with Crippen LogP contribution in [0.15, 0.2) is 12.1 Å². The lowest BCUT2D eigenvalue weighted by atomic mass is 9.98. The van der Waals surface area contributed by atoms with Gasteiger partial charge in [0.1, 0.15) is 5.75 Å². The molecule has 1 saturated heterocycles. The van der Waals surface area contributed by atoms with Crippen LogP contribution in [-0.4, -0.2) is 25.4 Å². The fraction of sp³-hybridized carbons (Fsp3) is 0.600. The number of benzene rings is 1. The first-order valence-electron chi connectivity index (χ1n) is 7.14. The van der Waals surface area contributed by atoms with Gasteiger partial charge in [0, 0.05) is 35.7 Å². The molecule has 1 aromatic rings. The van der Waals surface area contributed by atoms with Gasteiger partial charge in [0.05, 0.1) is 17.7 Å². The van der Waals surface area contributed by atoms with E-state index in [1.807, 2.05) is 6.07 Å². The van der Waals surface area contributed by atoms with Gasteiger partial charge >= 0.3 is 0 Å². The summed E-state index contributed by atoms with van der Waals surface area (Å²) in [5.74, 6) is 0.763. The predicted octanol–water partition coefficient (Wildman–Crippen LogP) is 3.97. The molecule has 1 fully saturated rings. The van der Waals surface area contributed by atoms with Crippen molar-refractivity contribution in [3.05, 3.63) is 27.7 Å². The van der Waals surface area contributed by atoms with E-state index in [2.05, 4.69) is 12.2 Å². The first-order chi connectivity index (χ1) is 9.65. The lowest BCUT2D eigenvalue weighted by molar-refractivity contribution is 0.0769. The van der Waals surface area contributed by atoms with Crippen molar-refractivity contribution < 1.29 is 9.47 Å². The van der Waals surface area contributed by atoms with Gasteiger partial charge in [-0.05, 0) is 31.9 Å². The highest BCUT2D eigenvalue weighted by molar-refractivity contribution is 6.35. The van der Waals surface area contributed by atoms with Gasteiger partial charge in [0.15, 0.2) is 0 Å². The fourth-order valence-corrected chi connectivity index (χ4v) is 3.58. The van der Waals surface area contributed by atoms with Crippen molar-refractivity contribution in [1.29, 1.82) is 0 Å². The van der Waals surface area contributed by atoms with Crippen molar-refractivity contribution in [3.63, 3.8) is 0 Å². The van der Waals surface area contributed by atoms with Crippen LogP contribution in [0.2, 0.25) is 10.0 Å². The zero-order chi connectivity index (χ0) is 14.1. The van der Waals surface area contributed by atoms with E-state index < -0.39 is 0 Å². The monoisotopic (exact) mass is 315 g/mol. The van der Waals surface area contributed by atoms with Crippen LogP contribution in [0, 0.1) is 0 Å². The topological polar surface area (TPSA) is 30.5 Å². The minimum Gasteiger partial charge on any atom is -0.492 e. The molecule has 0 spiro atoms. The molecule has 1 aromatic carbocycles. The number of halogens is 2. The number of nitrogens with one attached hydrogen (secondary N) is 1. The maximum atomic E-state index is 6.21. The van der Waals surface area contributed by atoms with Crippen molar-refractivity contribution in [2.24, 2.45) is 0 Å². The zero-order valence-electron chi connectivity index (χ0n) is 11.5. The summed E-state index contributed by atoms with van der Waals surface area (Å²) in [5.41, 5.74) is 1.05. The highest BCUT2D eigenvalue weighted by Crippen LogP contribution is 2.40. The van der Waals surface area contributed by atoms with Crippen LogP contribution in [0.4, 0.5) is 0 Å². The van der Waals surface area contributed by atoms with E-state index >= 15 is 0 Å². The quantitative estimate of drug-likeness (QED) is 0.915. The van der Waals surface area contributed by atoms with E-state index in [4.69, 9.17) is 32.7 Å². The van der Waals surface area contributed by atoms with E-state index in [1.54, 1.807) is 6.07 Å². The van der Waals surface area contributed by atoms with Crippen LogP contribution in [0.5, 0.6) is 5.75 Å². The standard InChI is InChI=1S/C15H19Cl2NO2/c1-9(14-3-2-5-19-14)18-13-4-6-20-15-11(13)7-10(16)8-12(15)17/h7-9,13-14,18H,2-6H2,1H3. The molecule has 0 bridgehead atoms. The summed E-state index contributed by atoms with van der Waals surface area (Å²) in [6, 6.07) is 4.20. The lowest BCUT2D eigenvalue weighted by Crippen LogP contribution is -2.40. The van der Waals surface area contributed by atoms with Gasteiger partial charge < -0.3 is 14.8 Å². The number of ether oxygens (including phenoxy) is 2. The molecule has 0 aromatic heterocycles. The third-order valence-electron chi connectivity index (χ3n) is 4.05. The Morgan fingerprint density at radius 1 is 1.25 bits per heavy atom. The molecule has 20 heavy (non-hydrogen) atoms. The molecule has 0 saturated carbocycles. The molecule has 3 atom stereocenters. The molecule has 110 valence electrons. The molecule has 0 radical (unpaired) electrons. The summed E-state index contributed by atoms with van der Waals surface area (Å²) in [5, 5.41) is 4.88. The van der Waals surface area contributed by atoms with Gasteiger partial charge in [0.2, 0.25) is 0 Å². The Labute approximate surface area is 129 Å². The second-order valence-electron chi connectivity index (χ2n) is 5.50. The second-order valence-corrected chi connectivity index (χ2v) is 6.35. The van der Waals surface area contributed by atoms with Gasteiger partial charge in [-0.25, -0.2) is 0 Å². The molecular weight excluding hydrogens is 297 g/mol. The highest BCUT2D eigenvalue weighted by Gasteiger charge is 2.29. The van der Waals surface area contributed by atoms with E-state index in [0.29, 0.717) is 28.8 Å². The minimum absolute atomic E-state index is 0.217. The third kappa shape index (κ3) is 2.91. The summed E-state index contributed by atoms with van der Waals surface area (Å²) >= 11 is 12.3. The predicted molar refractivity (Wildman–Crippen MR) is 80.9 cm³/mol. The molecule has 5 heteroatoms. The van der Waals surface area contributed by atoms with Crippen LogP contribution < -0.4 is 10.1 Å². The van der Waals surface area contributed by atoms with Crippen LogP contribution in [0.3, 0.4) is 0 Å². The molecule has 2 aliphatic rings. The summed E-state index contributed by atoms with van der Waals surface area (Å²) in [7, 11) is 0. The zero-order valence-corrected chi connectivity index (χ0v) is 13.0. The molecule has 2 heterocycles. The number of rotatable bonds is 3. The van der Waals surface area contributed by atoms with Crippen molar-refractivity contribution >= 4 is 23.2 Å². The number of fused-ring (bicyclic) bond motifs is 1. The van der Waals surface area contributed by atoms with Crippen molar-refractivity contribution in [3.8, 4) is 5.75 Å². The van der Waals surface area contributed by atoms with Gasteiger partial charge in [-0.2, -0.15) is 0 Å². The lowest BCUT2D eigenvalue weighted by Gasteiger charge is -2.31. The van der Waals surface area contributed by atoms with Gasteiger partial charge in [-0.3, -0.25) is 0 Å².